The Hall–Kier alpha value is -3.35. The molecule has 146 valence electrons. The number of hydrogen-bond acceptors (Lipinski definition) is 4. The largest absolute Gasteiger partial charge is 0.493 e. The van der Waals surface area contributed by atoms with E-state index in [0.717, 1.165) is 11.3 Å². The SMILES string of the molecule is CC(C)NC(=O)c1ccc(C(=O)NC(C(=O)O)c2ccc3c(c2)CCO3)cc1. The van der Waals surface area contributed by atoms with Crippen LogP contribution in [0.5, 0.6) is 5.75 Å². The van der Waals surface area contributed by atoms with Gasteiger partial charge in [-0.05, 0) is 61.4 Å². The van der Waals surface area contributed by atoms with Gasteiger partial charge in [-0.25, -0.2) is 4.79 Å². The minimum absolute atomic E-state index is 0.00419. The molecule has 0 aliphatic carbocycles. The molecule has 0 radical (unpaired) electrons. The van der Waals surface area contributed by atoms with Crippen LogP contribution in [0.25, 0.3) is 0 Å². The zero-order valence-corrected chi connectivity index (χ0v) is 15.7. The Morgan fingerprint density at radius 1 is 0.964 bits per heavy atom. The average Bonchev–Trinajstić information content (AvgIpc) is 3.13. The molecular formula is C21H22N2O5. The molecule has 1 atom stereocenters. The monoisotopic (exact) mass is 382 g/mol. The second-order valence-electron chi connectivity index (χ2n) is 6.92. The highest BCUT2D eigenvalue weighted by molar-refractivity contribution is 5.99. The first-order valence-corrected chi connectivity index (χ1v) is 9.05. The number of carbonyl (C=O) groups excluding carboxylic acids is 2. The van der Waals surface area contributed by atoms with E-state index >= 15 is 0 Å². The number of carboxylic acid groups (broad SMARTS) is 1. The van der Waals surface area contributed by atoms with Gasteiger partial charge in [0.25, 0.3) is 11.8 Å². The van der Waals surface area contributed by atoms with Gasteiger partial charge in [0, 0.05) is 23.6 Å². The van der Waals surface area contributed by atoms with Crippen LogP contribution in [-0.4, -0.2) is 35.5 Å². The van der Waals surface area contributed by atoms with Gasteiger partial charge in [-0.15, -0.1) is 0 Å². The molecule has 0 bridgehead atoms. The summed E-state index contributed by atoms with van der Waals surface area (Å²) in [5.74, 6) is -1.17. The fourth-order valence-electron chi connectivity index (χ4n) is 3.01. The Morgan fingerprint density at radius 2 is 1.57 bits per heavy atom. The summed E-state index contributed by atoms with van der Waals surface area (Å²) in [5, 5.41) is 14.9. The lowest BCUT2D eigenvalue weighted by Gasteiger charge is -2.16. The van der Waals surface area contributed by atoms with Crippen molar-refractivity contribution in [3.63, 3.8) is 0 Å². The standard InChI is InChI=1S/C21H22N2O5/c1-12(2)22-19(24)13-3-5-14(6-4-13)20(25)23-18(21(26)27)16-7-8-17-15(11-16)9-10-28-17/h3-8,11-12,18H,9-10H2,1-2H3,(H,22,24)(H,23,25)(H,26,27). The number of benzene rings is 2. The molecule has 0 aromatic heterocycles. The summed E-state index contributed by atoms with van der Waals surface area (Å²) in [7, 11) is 0. The van der Waals surface area contributed by atoms with Crippen molar-refractivity contribution >= 4 is 17.8 Å². The first-order valence-electron chi connectivity index (χ1n) is 9.05. The zero-order valence-electron chi connectivity index (χ0n) is 15.7. The third-order valence-electron chi connectivity index (χ3n) is 4.40. The molecular weight excluding hydrogens is 360 g/mol. The van der Waals surface area contributed by atoms with Crippen molar-refractivity contribution in [3.05, 3.63) is 64.7 Å². The highest BCUT2D eigenvalue weighted by Crippen LogP contribution is 2.28. The molecule has 0 spiro atoms. The number of aliphatic carboxylic acids is 1. The van der Waals surface area contributed by atoms with Crippen molar-refractivity contribution < 1.29 is 24.2 Å². The highest BCUT2D eigenvalue weighted by atomic mass is 16.5. The van der Waals surface area contributed by atoms with Crippen LogP contribution >= 0.6 is 0 Å². The summed E-state index contributed by atoms with van der Waals surface area (Å²) in [5.41, 5.74) is 2.12. The predicted octanol–water partition coefficient (Wildman–Crippen LogP) is 2.32. The zero-order chi connectivity index (χ0) is 20.3. The molecule has 1 aliphatic rings. The molecule has 1 aliphatic heterocycles. The minimum Gasteiger partial charge on any atom is -0.493 e. The van der Waals surface area contributed by atoms with E-state index in [0.29, 0.717) is 24.2 Å². The number of amides is 2. The summed E-state index contributed by atoms with van der Waals surface area (Å²) in [6.07, 6.45) is 0.712. The third-order valence-corrected chi connectivity index (χ3v) is 4.40. The molecule has 7 heteroatoms. The topological polar surface area (TPSA) is 105 Å². The Balaban J connectivity index is 1.74. The molecule has 0 saturated carbocycles. The fourth-order valence-corrected chi connectivity index (χ4v) is 3.01. The first-order chi connectivity index (χ1) is 13.3. The summed E-state index contributed by atoms with van der Waals surface area (Å²) in [6, 6.07) is 10.0. The van der Waals surface area contributed by atoms with Crippen molar-refractivity contribution in [1.82, 2.24) is 10.6 Å². The van der Waals surface area contributed by atoms with Crippen LogP contribution in [0.2, 0.25) is 0 Å². The van der Waals surface area contributed by atoms with E-state index in [1.165, 1.54) is 24.3 Å². The van der Waals surface area contributed by atoms with Gasteiger partial charge >= 0.3 is 5.97 Å². The quantitative estimate of drug-likeness (QED) is 0.711. The molecule has 3 N–H and O–H groups in total. The van der Waals surface area contributed by atoms with Gasteiger partial charge in [-0.3, -0.25) is 9.59 Å². The third kappa shape index (κ3) is 4.31. The Bertz CT molecular complexity index is 906. The van der Waals surface area contributed by atoms with Crippen LogP contribution in [0.15, 0.2) is 42.5 Å². The van der Waals surface area contributed by atoms with Gasteiger partial charge in [-0.2, -0.15) is 0 Å². The number of nitrogens with one attached hydrogen (secondary N) is 2. The lowest BCUT2D eigenvalue weighted by molar-refractivity contribution is -0.139. The number of ether oxygens (including phenoxy) is 1. The maximum atomic E-state index is 12.5. The van der Waals surface area contributed by atoms with Gasteiger partial charge in [0.05, 0.1) is 6.61 Å². The maximum Gasteiger partial charge on any atom is 0.330 e. The second kappa shape index (κ2) is 8.12. The van der Waals surface area contributed by atoms with E-state index in [4.69, 9.17) is 4.74 Å². The van der Waals surface area contributed by atoms with Crippen LogP contribution in [0.3, 0.4) is 0 Å². The molecule has 2 amide bonds. The Kier molecular flexibility index (Phi) is 5.63. The molecule has 1 heterocycles. The van der Waals surface area contributed by atoms with E-state index < -0.39 is 17.9 Å². The normalized spacial score (nSPS) is 13.4. The van der Waals surface area contributed by atoms with Gasteiger partial charge in [0.2, 0.25) is 0 Å². The van der Waals surface area contributed by atoms with Gasteiger partial charge in [-0.1, -0.05) is 6.07 Å². The summed E-state index contributed by atoms with van der Waals surface area (Å²) >= 11 is 0. The lowest BCUT2D eigenvalue weighted by Crippen LogP contribution is -2.34. The van der Waals surface area contributed by atoms with E-state index in [-0.39, 0.29) is 17.5 Å². The van der Waals surface area contributed by atoms with Crippen LogP contribution in [0, 0.1) is 0 Å². The van der Waals surface area contributed by atoms with E-state index in [2.05, 4.69) is 10.6 Å². The fraction of sp³-hybridized carbons (Fsp3) is 0.286. The van der Waals surface area contributed by atoms with Crippen molar-refractivity contribution in [2.24, 2.45) is 0 Å². The number of rotatable bonds is 6. The number of carbonyl (C=O) groups is 3. The maximum absolute atomic E-state index is 12.5. The molecule has 7 nitrogen and oxygen atoms in total. The Morgan fingerprint density at radius 3 is 2.14 bits per heavy atom. The van der Waals surface area contributed by atoms with Crippen LogP contribution in [0.1, 0.15) is 51.7 Å². The van der Waals surface area contributed by atoms with Gasteiger partial charge in [0.15, 0.2) is 6.04 Å². The summed E-state index contributed by atoms with van der Waals surface area (Å²) in [6.45, 7) is 4.29. The van der Waals surface area contributed by atoms with Crippen molar-refractivity contribution in [1.29, 1.82) is 0 Å². The molecule has 1 unspecified atom stereocenters. The molecule has 3 rings (SSSR count). The minimum atomic E-state index is -1.18. The highest BCUT2D eigenvalue weighted by Gasteiger charge is 2.25. The predicted molar refractivity (Wildman–Crippen MR) is 103 cm³/mol. The molecule has 0 saturated heterocycles. The van der Waals surface area contributed by atoms with E-state index in [9.17, 15) is 19.5 Å². The van der Waals surface area contributed by atoms with Crippen LogP contribution < -0.4 is 15.4 Å². The molecule has 28 heavy (non-hydrogen) atoms. The average molecular weight is 382 g/mol. The van der Waals surface area contributed by atoms with E-state index in [1.54, 1.807) is 18.2 Å². The van der Waals surface area contributed by atoms with E-state index in [1.807, 2.05) is 13.8 Å². The van der Waals surface area contributed by atoms with Crippen LogP contribution in [-0.2, 0) is 11.2 Å². The summed E-state index contributed by atoms with van der Waals surface area (Å²) in [4.78, 5) is 36.2. The number of carboxylic acids is 1. The van der Waals surface area contributed by atoms with Crippen molar-refractivity contribution in [2.45, 2.75) is 32.4 Å². The van der Waals surface area contributed by atoms with Gasteiger partial charge in [0.1, 0.15) is 5.75 Å². The number of hydrogen-bond donors (Lipinski definition) is 3. The second-order valence-corrected chi connectivity index (χ2v) is 6.92. The number of fused-ring (bicyclic) bond motifs is 1. The summed E-state index contributed by atoms with van der Waals surface area (Å²) < 4.78 is 5.43. The van der Waals surface area contributed by atoms with Crippen molar-refractivity contribution in [2.75, 3.05) is 6.61 Å². The van der Waals surface area contributed by atoms with Crippen LogP contribution in [0.4, 0.5) is 0 Å². The van der Waals surface area contributed by atoms with Crippen molar-refractivity contribution in [3.8, 4) is 5.75 Å². The smallest absolute Gasteiger partial charge is 0.330 e. The van der Waals surface area contributed by atoms with Gasteiger partial charge < -0.3 is 20.5 Å². The Labute approximate surface area is 162 Å². The molecule has 0 fully saturated rings. The lowest BCUT2D eigenvalue weighted by atomic mass is 10.0. The molecule has 2 aromatic rings. The molecule has 2 aromatic carbocycles. The first kappa shape index (κ1) is 19.4.